The fraction of sp³-hybridized carbons (Fsp3) is 0.500. The van der Waals surface area contributed by atoms with Crippen molar-refractivity contribution in [2.45, 2.75) is 20.3 Å². The van der Waals surface area contributed by atoms with Gasteiger partial charge in [-0.1, -0.05) is 26.0 Å². The van der Waals surface area contributed by atoms with E-state index >= 15 is 0 Å². The Balaban J connectivity index is 3.70. The van der Waals surface area contributed by atoms with E-state index in [4.69, 9.17) is 0 Å². The number of hydrogen-bond acceptors (Lipinski definition) is 0. The minimum absolute atomic E-state index is 0.238. The molecule has 0 aromatic carbocycles. The zero-order valence-electron chi connectivity index (χ0n) is 5.78. The van der Waals surface area contributed by atoms with Crippen molar-refractivity contribution < 1.29 is 0 Å². The van der Waals surface area contributed by atoms with Gasteiger partial charge in [0, 0.05) is 0 Å². The Hall–Kier alpha value is -0.520. The summed E-state index contributed by atoms with van der Waals surface area (Å²) in [6, 6.07) is 0. The van der Waals surface area contributed by atoms with Gasteiger partial charge in [0.2, 0.25) is 0 Å². The molecule has 0 unspecified atom stereocenters. The van der Waals surface area contributed by atoms with E-state index in [0.717, 1.165) is 6.42 Å². The Bertz CT molecular complexity index is 88.2. The lowest BCUT2D eigenvalue weighted by Gasteiger charge is -2.15. The molecule has 0 heteroatoms. The highest BCUT2D eigenvalue weighted by molar-refractivity contribution is 4.92. The van der Waals surface area contributed by atoms with Crippen LogP contribution in [0.4, 0.5) is 0 Å². The van der Waals surface area contributed by atoms with Crippen molar-refractivity contribution in [1.82, 2.24) is 0 Å². The fourth-order valence-corrected chi connectivity index (χ4v) is 0.455. The molecule has 8 heavy (non-hydrogen) atoms. The van der Waals surface area contributed by atoms with Gasteiger partial charge in [-0.25, -0.2) is 0 Å². The maximum absolute atomic E-state index is 3.70. The van der Waals surface area contributed by atoms with Crippen LogP contribution in [-0.4, -0.2) is 0 Å². The molecule has 0 rings (SSSR count). The third-order valence-corrected chi connectivity index (χ3v) is 1.22. The van der Waals surface area contributed by atoms with Crippen molar-refractivity contribution in [3.8, 4) is 0 Å². The lowest BCUT2D eigenvalue weighted by molar-refractivity contribution is 0.490. The molecular formula is C8H14. The zero-order chi connectivity index (χ0) is 6.62. The largest absolute Gasteiger partial charge is 0.103 e. The minimum atomic E-state index is 0.238. The fourth-order valence-electron chi connectivity index (χ4n) is 0.455. The molecule has 0 saturated heterocycles. The third kappa shape index (κ3) is 2.62. The smallest absolute Gasteiger partial charge is 0.0143 e. The first-order chi connectivity index (χ1) is 3.62. The van der Waals surface area contributed by atoms with E-state index in [1.807, 2.05) is 12.2 Å². The highest BCUT2D eigenvalue weighted by Crippen LogP contribution is 2.20. The van der Waals surface area contributed by atoms with Crippen LogP contribution in [0.15, 0.2) is 25.3 Å². The first kappa shape index (κ1) is 7.48. The quantitative estimate of drug-likeness (QED) is 0.490. The topological polar surface area (TPSA) is 0 Å². The molecule has 0 aliphatic rings. The molecule has 46 valence electrons. The summed E-state index contributed by atoms with van der Waals surface area (Å²) in [6.07, 6.45) is 4.88. The lowest BCUT2D eigenvalue weighted by Crippen LogP contribution is -2.03. The van der Waals surface area contributed by atoms with Gasteiger partial charge in [0.25, 0.3) is 0 Å². The van der Waals surface area contributed by atoms with E-state index in [1.54, 1.807) is 0 Å². The van der Waals surface area contributed by atoms with Gasteiger partial charge in [0.1, 0.15) is 0 Å². The normalized spacial score (nSPS) is 10.8. The summed E-state index contributed by atoms with van der Waals surface area (Å²) in [5.41, 5.74) is 0.238. The molecule has 0 aliphatic heterocycles. The van der Waals surface area contributed by atoms with Crippen molar-refractivity contribution in [2.75, 3.05) is 0 Å². The predicted octanol–water partition coefficient (Wildman–Crippen LogP) is 2.77. The highest BCUT2D eigenvalue weighted by atomic mass is 14.1. The Morgan fingerprint density at radius 2 is 1.88 bits per heavy atom. The van der Waals surface area contributed by atoms with Crippen molar-refractivity contribution in [2.24, 2.45) is 5.41 Å². The van der Waals surface area contributed by atoms with Gasteiger partial charge in [-0.15, -0.1) is 13.2 Å². The van der Waals surface area contributed by atoms with Gasteiger partial charge < -0.3 is 0 Å². The second kappa shape index (κ2) is 2.71. The predicted molar refractivity (Wildman–Crippen MR) is 38.8 cm³/mol. The molecule has 0 saturated carbocycles. The van der Waals surface area contributed by atoms with Crippen LogP contribution in [0.5, 0.6) is 0 Å². The molecule has 0 fully saturated rings. The van der Waals surface area contributed by atoms with Gasteiger partial charge in [-0.3, -0.25) is 0 Å². The van der Waals surface area contributed by atoms with E-state index in [9.17, 15) is 0 Å². The molecule has 0 aromatic rings. The second-order valence-electron chi connectivity index (χ2n) is 2.69. The summed E-state index contributed by atoms with van der Waals surface area (Å²) in [5.74, 6) is 0. The molecule has 0 bridgehead atoms. The maximum atomic E-state index is 3.70. The van der Waals surface area contributed by atoms with E-state index in [1.165, 1.54) is 0 Å². The van der Waals surface area contributed by atoms with Crippen LogP contribution in [0.1, 0.15) is 20.3 Å². The average molecular weight is 110 g/mol. The molecule has 0 atom stereocenters. The Morgan fingerprint density at radius 1 is 1.38 bits per heavy atom. The standard InChI is InChI=1S/C8H14/c1-5-7-8(3,4)6-2/h5-6H,1-2,7H2,3-4H3. The first-order valence-corrected chi connectivity index (χ1v) is 2.87. The van der Waals surface area contributed by atoms with Gasteiger partial charge in [0.05, 0.1) is 0 Å². The monoisotopic (exact) mass is 110 g/mol. The second-order valence-corrected chi connectivity index (χ2v) is 2.69. The number of allylic oxidation sites excluding steroid dienone is 2. The van der Waals surface area contributed by atoms with Crippen LogP contribution in [0, 0.1) is 5.41 Å². The highest BCUT2D eigenvalue weighted by Gasteiger charge is 2.08. The van der Waals surface area contributed by atoms with Gasteiger partial charge >= 0.3 is 0 Å². The summed E-state index contributed by atoms with van der Waals surface area (Å²) < 4.78 is 0. The summed E-state index contributed by atoms with van der Waals surface area (Å²) in [6.45, 7) is 11.6. The van der Waals surface area contributed by atoms with Gasteiger partial charge in [0.15, 0.2) is 0 Å². The van der Waals surface area contributed by atoms with E-state index in [-0.39, 0.29) is 5.41 Å². The van der Waals surface area contributed by atoms with Crippen LogP contribution < -0.4 is 0 Å². The van der Waals surface area contributed by atoms with Crippen LogP contribution in [0.2, 0.25) is 0 Å². The number of hydrogen-bond donors (Lipinski definition) is 0. The lowest BCUT2D eigenvalue weighted by atomic mass is 9.90. The van der Waals surface area contributed by atoms with Crippen molar-refractivity contribution in [1.29, 1.82) is 0 Å². The van der Waals surface area contributed by atoms with Crippen molar-refractivity contribution in [3.63, 3.8) is 0 Å². The van der Waals surface area contributed by atoms with E-state index < -0.39 is 0 Å². The average Bonchev–Trinajstić information content (AvgIpc) is 1.67. The number of rotatable bonds is 3. The molecule has 0 nitrogen and oxygen atoms in total. The van der Waals surface area contributed by atoms with Crippen molar-refractivity contribution in [3.05, 3.63) is 25.3 Å². The molecular weight excluding hydrogens is 96.1 g/mol. The van der Waals surface area contributed by atoms with Crippen LogP contribution in [0.3, 0.4) is 0 Å². The van der Waals surface area contributed by atoms with Crippen LogP contribution in [-0.2, 0) is 0 Å². The molecule has 0 heterocycles. The molecule has 0 spiro atoms. The van der Waals surface area contributed by atoms with Crippen molar-refractivity contribution >= 4 is 0 Å². The van der Waals surface area contributed by atoms with Crippen LogP contribution >= 0.6 is 0 Å². The first-order valence-electron chi connectivity index (χ1n) is 2.87. The Kier molecular flexibility index (Phi) is 2.53. The molecule has 0 amide bonds. The summed E-state index contributed by atoms with van der Waals surface area (Å²) in [4.78, 5) is 0. The maximum Gasteiger partial charge on any atom is -0.0143 e. The summed E-state index contributed by atoms with van der Waals surface area (Å²) >= 11 is 0. The van der Waals surface area contributed by atoms with Gasteiger partial charge in [-0.2, -0.15) is 0 Å². The zero-order valence-corrected chi connectivity index (χ0v) is 5.78. The van der Waals surface area contributed by atoms with Gasteiger partial charge in [-0.05, 0) is 11.8 Å². The van der Waals surface area contributed by atoms with E-state index in [0.29, 0.717) is 0 Å². The van der Waals surface area contributed by atoms with E-state index in [2.05, 4.69) is 27.0 Å². The Labute approximate surface area is 51.9 Å². The summed E-state index contributed by atoms with van der Waals surface area (Å²) in [5, 5.41) is 0. The minimum Gasteiger partial charge on any atom is -0.103 e. The molecule has 0 radical (unpaired) electrons. The third-order valence-electron chi connectivity index (χ3n) is 1.22. The molecule has 0 aliphatic carbocycles. The van der Waals surface area contributed by atoms with Crippen LogP contribution in [0.25, 0.3) is 0 Å². The molecule has 0 N–H and O–H groups in total. The Morgan fingerprint density at radius 3 is 2.00 bits per heavy atom. The SMILES string of the molecule is C=CCC(C)(C)C=C. The molecule has 0 aromatic heterocycles. The summed E-state index contributed by atoms with van der Waals surface area (Å²) in [7, 11) is 0.